The van der Waals surface area contributed by atoms with E-state index in [0.717, 1.165) is 28.1 Å². The summed E-state index contributed by atoms with van der Waals surface area (Å²) in [6.07, 6.45) is 1.82. The van der Waals surface area contributed by atoms with Crippen LogP contribution in [-0.2, 0) is 26.2 Å². The smallest absolute Gasteiger partial charge is 0.244 e. The number of nitrogens with one attached hydrogen (secondary N) is 1. The van der Waals surface area contributed by atoms with Crippen molar-refractivity contribution in [2.75, 3.05) is 30.8 Å². The highest BCUT2D eigenvalue weighted by molar-refractivity contribution is 7.92. The van der Waals surface area contributed by atoms with Crippen LogP contribution in [0.15, 0.2) is 48.5 Å². The molecular weight excluding hydrogens is 442 g/mol. The minimum Gasteiger partial charge on any atom is -0.497 e. The van der Waals surface area contributed by atoms with Crippen LogP contribution in [0.1, 0.15) is 31.4 Å². The molecular formula is C24H33N3O5S. The monoisotopic (exact) mass is 475 g/mol. The quantitative estimate of drug-likeness (QED) is 0.539. The van der Waals surface area contributed by atoms with Crippen molar-refractivity contribution in [2.45, 2.75) is 39.8 Å². The van der Waals surface area contributed by atoms with E-state index in [9.17, 15) is 18.0 Å². The molecule has 0 aliphatic heterocycles. The molecule has 2 amide bonds. The van der Waals surface area contributed by atoms with E-state index in [2.05, 4.69) is 5.32 Å². The van der Waals surface area contributed by atoms with Gasteiger partial charge in [-0.05, 0) is 50.1 Å². The van der Waals surface area contributed by atoms with Crippen molar-refractivity contribution in [3.63, 3.8) is 0 Å². The van der Waals surface area contributed by atoms with Gasteiger partial charge in [0.15, 0.2) is 0 Å². The lowest BCUT2D eigenvalue weighted by Crippen LogP contribution is -2.51. The van der Waals surface area contributed by atoms with Gasteiger partial charge in [-0.2, -0.15) is 0 Å². The van der Waals surface area contributed by atoms with Crippen LogP contribution < -0.4 is 14.4 Å². The molecule has 0 aliphatic carbocycles. The molecule has 0 radical (unpaired) electrons. The second-order valence-corrected chi connectivity index (χ2v) is 9.85. The average Bonchev–Trinajstić information content (AvgIpc) is 2.79. The Balaban J connectivity index is 2.34. The van der Waals surface area contributed by atoms with Crippen LogP contribution in [0, 0.1) is 6.92 Å². The minimum atomic E-state index is -3.76. The normalized spacial score (nSPS) is 12.0. The molecule has 0 saturated heterocycles. The number of amides is 2. The Kier molecular flexibility index (Phi) is 9.28. The van der Waals surface area contributed by atoms with Crippen LogP contribution in [0.5, 0.6) is 5.75 Å². The number of carbonyl (C=O) groups is 2. The van der Waals surface area contributed by atoms with Gasteiger partial charge in [-0.1, -0.05) is 36.8 Å². The van der Waals surface area contributed by atoms with E-state index >= 15 is 0 Å². The number of hydrogen-bond donors (Lipinski definition) is 1. The molecule has 0 fully saturated rings. The molecule has 2 aromatic rings. The summed E-state index contributed by atoms with van der Waals surface area (Å²) in [5.74, 6) is -0.190. The lowest BCUT2D eigenvalue weighted by atomic mass is 10.1. The SMILES string of the molecule is CCCNC(=O)[C@@H](C)N(Cc1ccc(C)cc1)C(=O)CN(c1ccc(OC)cc1)S(C)(=O)=O. The van der Waals surface area contributed by atoms with Crippen LogP contribution in [0.3, 0.4) is 0 Å². The third kappa shape index (κ3) is 7.49. The first-order chi connectivity index (χ1) is 15.6. The van der Waals surface area contributed by atoms with Gasteiger partial charge in [0.2, 0.25) is 21.8 Å². The second-order valence-electron chi connectivity index (χ2n) is 7.94. The van der Waals surface area contributed by atoms with Gasteiger partial charge in [0, 0.05) is 13.1 Å². The Morgan fingerprint density at radius 2 is 1.67 bits per heavy atom. The van der Waals surface area contributed by atoms with Crippen LogP contribution in [0.4, 0.5) is 5.69 Å². The lowest BCUT2D eigenvalue weighted by Gasteiger charge is -2.31. The van der Waals surface area contributed by atoms with E-state index < -0.39 is 28.5 Å². The first-order valence-corrected chi connectivity index (χ1v) is 12.7. The maximum Gasteiger partial charge on any atom is 0.244 e. The summed E-state index contributed by atoms with van der Waals surface area (Å²) in [4.78, 5) is 27.5. The van der Waals surface area contributed by atoms with E-state index in [4.69, 9.17) is 4.74 Å². The minimum absolute atomic E-state index is 0.181. The number of hydrogen-bond acceptors (Lipinski definition) is 5. The predicted octanol–water partition coefficient (Wildman–Crippen LogP) is 2.71. The number of rotatable bonds is 11. The van der Waals surface area contributed by atoms with Crippen LogP contribution in [0.25, 0.3) is 0 Å². The Hall–Kier alpha value is -3.07. The predicted molar refractivity (Wildman–Crippen MR) is 130 cm³/mol. The van der Waals surface area contributed by atoms with Crippen molar-refractivity contribution < 1.29 is 22.7 Å². The number of aryl methyl sites for hydroxylation is 1. The Labute approximate surface area is 196 Å². The summed E-state index contributed by atoms with van der Waals surface area (Å²) in [7, 11) is -2.25. The van der Waals surface area contributed by atoms with Crippen molar-refractivity contribution in [2.24, 2.45) is 0 Å². The first-order valence-electron chi connectivity index (χ1n) is 10.8. The van der Waals surface area contributed by atoms with E-state index in [1.807, 2.05) is 38.1 Å². The van der Waals surface area contributed by atoms with Crippen molar-refractivity contribution in [3.8, 4) is 5.75 Å². The van der Waals surface area contributed by atoms with Gasteiger partial charge in [0.05, 0.1) is 19.1 Å². The molecule has 0 unspecified atom stereocenters. The van der Waals surface area contributed by atoms with Crippen molar-refractivity contribution in [1.82, 2.24) is 10.2 Å². The second kappa shape index (κ2) is 11.7. The zero-order valence-electron chi connectivity index (χ0n) is 19.9. The Bertz CT molecular complexity index is 1040. The highest BCUT2D eigenvalue weighted by Gasteiger charge is 2.30. The number of sulfonamides is 1. The zero-order chi connectivity index (χ0) is 24.6. The highest BCUT2D eigenvalue weighted by Crippen LogP contribution is 2.22. The van der Waals surface area contributed by atoms with E-state index in [1.165, 1.54) is 12.0 Å². The van der Waals surface area contributed by atoms with Crippen molar-refractivity contribution in [3.05, 3.63) is 59.7 Å². The molecule has 33 heavy (non-hydrogen) atoms. The molecule has 0 saturated carbocycles. The zero-order valence-corrected chi connectivity index (χ0v) is 20.7. The Morgan fingerprint density at radius 3 is 2.18 bits per heavy atom. The average molecular weight is 476 g/mol. The lowest BCUT2D eigenvalue weighted by molar-refractivity contribution is -0.139. The van der Waals surface area contributed by atoms with Crippen LogP contribution in [0.2, 0.25) is 0 Å². The molecule has 0 spiro atoms. The molecule has 0 aromatic heterocycles. The van der Waals surface area contributed by atoms with Crippen molar-refractivity contribution >= 4 is 27.5 Å². The topological polar surface area (TPSA) is 96.0 Å². The summed E-state index contributed by atoms with van der Waals surface area (Å²) in [6, 6.07) is 13.3. The number of nitrogens with zero attached hydrogens (tertiary/aromatic N) is 2. The van der Waals surface area contributed by atoms with Gasteiger partial charge >= 0.3 is 0 Å². The number of ether oxygens (including phenoxy) is 1. The molecule has 180 valence electrons. The summed E-state index contributed by atoms with van der Waals surface area (Å²) in [6.45, 7) is 5.81. The molecule has 2 rings (SSSR count). The number of carbonyl (C=O) groups excluding carboxylic acids is 2. The molecule has 0 aliphatic rings. The molecule has 0 bridgehead atoms. The molecule has 9 heteroatoms. The van der Waals surface area contributed by atoms with Crippen LogP contribution in [-0.4, -0.2) is 57.6 Å². The summed E-state index contributed by atoms with van der Waals surface area (Å²) < 4.78 is 31.2. The fourth-order valence-corrected chi connectivity index (χ4v) is 4.08. The summed E-state index contributed by atoms with van der Waals surface area (Å²) >= 11 is 0. The van der Waals surface area contributed by atoms with Gasteiger partial charge in [-0.15, -0.1) is 0 Å². The van der Waals surface area contributed by atoms with E-state index in [-0.39, 0.29) is 12.5 Å². The van der Waals surface area contributed by atoms with Gasteiger partial charge < -0.3 is 15.0 Å². The standard InChI is InChI=1S/C24H33N3O5S/c1-6-15-25-24(29)19(3)26(16-20-9-7-18(2)8-10-20)23(28)17-27(33(5,30)31)21-11-13-22(32-4)14-12-21/h7-14,19H,6,15-17H2,1-5H3,(H,25,29)/t19-/m1/s1. The van der Waals surface area contributed by atoms with Crippen LogP contribution >= 0.6 is 0 Å². The first kappa shape index (κ1) is 26.2. The number of anilines is 1. The van der Waals surface area contributed by atoms with Gasteiger partial charge in [0.1, 0.15) is 18.3 Å². The van der Waals surface area contributed by atoms with Gasteiger partial charge in [-0.25, -0.2) is 8.42 Å². The molecule has 1 N–H and O–H groups in total. The number of methoxy groups -OCH3 is 1. The molecule has 0 heterocycles. The molecule has 1 atom stereocenters. The number of benzene rings is 2. The maximum atomic E-state index is 13.4. The Morgan fingerprint density at radius 1 is 1.06 bits per heavy atom. The fourth-order valence-electron chi connectivity index (χ4n) is 3.23. The maximum absolute atomic E-state index is 13.4. The fraction of sp³-hybridized carbons (Fsp3) is 0.417. The molecule has 8 nitrogen and oxygen atoms in total. The van der Waals surface area contributed by atoms with Crippen molar-refractivity contribution in [1.29, 1.82) is 0 Å². The summed E-state index contributed by atoms with van der Waals surface area (Å²) in [5.41, 5.74) is 2.26. The highest BCUT2D eigenvalue weighted by atomic mass is 32.2. The molecule has 2 aromatic carbocycles. The third-order valence-corrected chi connectivity index (χ3v) is 6.37. The van der Waals surface area contributed by atoms with E-state index in [1.54, 1.807) is 31.2 Å². The largest absolute Gasteiger partial charge is 0.497 e. The van der Waals surface area contributed by atoms with Gasteiger partial charge in [0.25, 0.3) is 0 Å². The van der Waals surface area contributed by atoms with Gasteiger partial charge in [-0.3, -0.25) is 13.9 Å². The third-order valence-electron chi connectivity index (χ3n) is 5.23. The van der Waals surface area contributed by atoms with E-state index in [0.29, 0.717) is 18.0 Å². The summed E-state index contributed by atoms with van der Waals surface area (Å²) in [5, 5.41) is 2.81.